The molecule has 13 aromatic carbocycles. The van der Waals surface area contributed by atoms with E-state index in [-0.39, 0.29) is 10.8 Å². The van der Waals surface area contributed by atoms with Gasteiger partial charge in [0.15, 0.2) is 0 Å². The van der Waals surface area contributed by atoms with Crippen LogP contribution in [0.5, 0.6) is 0 Å². The van der Waals surface area contributed by atoms with E-state index < -0.39 is 0 Å². The van der Waals surface area contributed by atoms with Crippen LogP contribution in [0, 0.1) is 0 Å². The molecule has 0 radical (unpaired) electrons. The van der Waals surface area contributed by atoms with Crippen molar-refractivity contribution in [3.63, 3.8) is 0 Å². The van der Waals surface area contributed by atoms with Gasteiger partial charge in [0.2, 0.25) is 0 Å². The molecule has 0 saturated carbocycles. The number of benzene rings is 13. The summed E-state index contributed by atoms with van der Waals surface area (Å²) >= 11 is 0. The fourth-order valence-corrected chi connectivity index (χ4v) is 14.5. The zero-order valence-electron chi connectivity index (χ0n) is 46.3. The number of para-hydroxylation sites is 2. The highest BCUT2D eigenvalue weighted by atomic mass is 15.0. The number of fused-ring (bicyclic) bond motifs is 14. The summed E-state index contributed by atoms with van der Waals surface area (Å²) in [4.78, 5) is 0. The molecule has 0 aliphatic heterocycles. The lowest BCUT2D eigenvalue weighted by molar-refractivity contribution is 0.652. The Hall–Kier alpha value is -10.0. The standard InChI is InChI=1S/C80H56N2/c1-79(2)71-45-59(53-25-21-51(22-26-53)57-33-39-77-69(43-57)65-17-9-11-19-75(65)81(77)61-35-29-49-13-5-7-15-55(49)41-61)31-37-63(71)67-48-74-68(47-73(67)79)64-38-32-60(46-72(64)80(74,3)4)54-27-23-52(24-28-54)58-34-40-78-70(44-58)66-18-10-12-20-76(66)82(78)62-36-30-50-14-6-8-16-56(50)42-62/h5-48H,1-4H3. The van der Waals surface area contributed by atoms with E-state index in [9.17, 15) is 0 Å². The quantitative estimate of drug-likeness (QED) is 0.157. The first kappa shape index (κ1) is 46.9. The van der Waals surface area contributed by atoms with Gasteiger partial charge < -0.3 is 9.13 Å². The average Bonchev–Trinajstić information content (AvgIpc) is 3.57. The molecule has 2 aromatic heterocycles. The Bertz CT molecular complexity index is 4870. The molecule has 0 saturated heterocycles. The largest absolute Gasteiger partial charge is 0.309 e. The van der Waals surface area contributed by atoms with Gasteiger partial charge in [-0.25, -0.2) is 0 Å². The van der Waals surface area contributed by atoms with E-state index in [1.54, 1.807) is 0 Å². The molecule has 0 unspecified atom stereocenters. The topological polar surface area (TPSA) is 9.86 Å². The Morgan fingerprint density at radius 3 is 0.951 bits per heavy atom. The molecule has 15 aromatic rings. The van der Waals surface area contributed by atoms with Crippen molar-refractivity contribution in [1.29, 1.82) is 0 Å². The first-order valence-electron chi connectivity index (χ1n) is 28.9. The van der Waals surface area contributed by atoms with Gasteiger partial charge in [0.05, 0.1) is 22.1 Å². The molecule has 0 spiro atoms. The minimum absolute atomic E-state index is 0.162. The van der Waals surface area contributed by atoms with E-state index in [0.717, 1.165) is 0 Å². The van der Waals surface area contributed by atoms with Gasteiger partial charge >= 0.3 is 0 Å². The lowest BCUT2D eigenvalue weighted by atomic mass is 9.79. The van der Waals surface area contributed by atoms with Crippen LogP contribution in [0.15, 0.2) is 267 Å². The second-order valence-corrected chi connectivity index (χ2v) is 24.1. The van der Waals surface area contributed by atoms with Gasteiger partial charge in [-0.05, 0) is 195 Å². The third-order valence-electron chi connectivity index (χ3n) is 18.9. The minimum atomic E-state index is -0.162. The van der Waals surface area contributed by atoms with Crippen molar-refractivity contribution in [2.75, 3.05) is 0 Å². The maximum atomic E-state index is 2.54. The van der Waals surface area contributed by atoms with Crippen molar-refractivity contribution in [2.24, 2.45) is 0 Å². The minimum Gasteiger partial charge on any atom is -0.309 e. The molecule has 2 heterocycles. The number of hydrogen-bond acceptors (Lipinski definition) is 0. The van der Waals surface area contributed by atoms with Gasteiger partial charge in [-0.15, -0.1) is 0 Å². The van der Waals surface area contributed by atoms with Crippen molar-refractivity contribution >= 4 is 65.2 Å². The number of nitrogens with zero attached hydrogens (tertiary/aromatic N) is 2. The summed E-state index contributed by atoms with van der Waals surface area (Å²) in [7, 11) is 0. The summed E-state index contributed by atoms with van der Waals surface area (Å²) in [6.07, 6.45) is 0. The second-order valence-electron chi connectivity index (χ2n) is 24.1. The summed E-state index contributed by atoms with van der Waals surface area (Å²) in [5, 5.41) is 10.1. The second kappa shape index (κ2) is 17.2. The Kier molecular flexibility index (Phi) is 9.85. The Labute approximate surface area is 477 Å². The van der Waals surface area contributed by atoms with Crippen LogP contribution in [-0.4, -0.2) is 9.13 Å². The Morgan fingerprint density at radius 2 is 0.537 bits per heavy atom. The molecule has 0 bridgehead atoms. The molecule has 0 atom stereocenters. The van der Waals surface area contributed by atoms with E-state index in [2.05, 4.69) is 304 Å². The molecule has 2 nitrogen and oxygen atoms in total. The maximum Gasteiger partial charge on any atom is 0.0541 e. The van der Waals surface area contributed by atoms with E-state index in [4.69, 9.17) is 0 Å². The third-order valence-corrected chi connectivity index (χ3v) is 18.9. The van der Waals surface area contributed by atoms with Crippen LogP contribution >= 0.6 is 0 Å². The molecular weight excluding hydrogens is 989 g/mol. The van der Waals surface area contributed by atoms with Crippen molar-refractivity contribution < 1.29 is 0 Å². The fraction of sp³-hybridized carbons (Fsp3) is 0.0750. The zero-order valence-corrected chi connectivity index (χ0v) is 46.3. The number of hydrogen-bond donors (Lipinski definition) is 0. The van der Waals surface area contributed by atoms with Crippen molar-refractivity contribution in [3.8, 4) is 78.1 Å². The predicted octanol–water partition coefficient (Wildman–Crippen LogP) is 21.5. The predicted molar refractivity (Wildman–Crippen MR) is 347 cm³/mol. The molecule has 82 heavy (non-hydrogen) atoms. The van der Waals surface area contributed by atoms with Crippen LogP contribution in [0.3, 0.4) is 0 Å². The summed E-state index contributed by atoms with van der Waals surface area (Å²) in [5.41, 5.74) is 27.8. The lowest BCUT2D eigenvalue weighted by Gasteiger charge is -2.24. The van der Waals surface area contributed by atoms with Crippen LogP contribution in [0.4, 0.5) is 0 Å². The average molecular weight is 1050 g/mol. The highest BCUT2D eigenvalue weighted by Gasteiger charge is 2.42. The Balaban J connectivity index is 0.647. The molecule has 17 rings (SSSR count). The van der Waals surface area contributed by atoms with Crippen LogP contribution in [0.2, 0.25) is 0 Å². The summed E-state index contributed by atoms with van der Waals surface area (Å²) in [5.74, 6) is 0. The monoisotopic (exact) mass is 1040 g/mol. The first-order chi connectivity index (χ1) is 40.1. The Morgan fingerprint density at radius 1 is 0.220 bits per heavy atom. The lowest BCUT2D eigenvalue weighted by Crippen LogP contribution is -2.17. The summed E-state index contributed by atoms with van der Waals surface area (Å²) in [6, 6.07) is 100. The van der Waals surface area contributed by atoms with Gasteiger partial charge in [-0.3, -0.25) is 0 Å². The van der Waals surface area contributed by atoms with Gasteiger partial charge in [-0.1, -0.05) is 210 Å². The molecule has 0 fully saturated rings. The molecule has 2 aliphatic rings. The molecule has 0 amide bonds. The van der Waals surface area contributed by atoms with E-state index in [1.807, 2.05) is 0 Å². The first-order valence-corrected chi connectivity index (χ1v) is 28.9. The zero-order chi connectivity index (χ0) is 54.6. The molecular formula is C80H56N2. The fourth-order valence-electron chi connectivity index (χ4n) is 14.5. The van der Waals surface area contributed by atoms with Gasteiger partial charge in [0, 0.05) is 43.7 Å². The van der Waals surface area contributed by atoms with E-state index >= 15 is 0 Å². The van der Waals surface area contributed by atoms with Crippen LogP contribution < -0.4 is 0 Å². The van der Waals surface area contributed by atoms with Crippen LogP contribution in [0.25, 0.3) is 143 Å². The van der Waals surface area contributed by atoms with E-state index in [0.29, 0.717) is 0 Å². The van der Waals surface area contributed by atoms with Gasteiger partial charge in [0.1, 0.15) is 0 Å². The van der Waals surface area contributed by atoms with Crippen molar-refractivity contribution in [2.45, 2.75) is 38.5 Å². The molecule has 0 N–H and O–H groups in total. The SMILES string of the molecule is CC1(C)c2cc(-c3ccc(-c4ccc5c(c4)c4ccccc4n5-c4ccc5ccccc5c4)cc3)ccc2-c2cc3c(cc21)-c1ccc(-c2ccc(-c4ccc5c(c4)c4ccccc4n5-c4ccc5ccccc5c4)cc2)cc1C3(C)C. The number of rotatable bonds is 6. The smallest absolute Gasteiger partial charge is 0.0541 e. The molecule has 2 heteroatoms. The highest BCUT2D eigenvalue weighted by Crippen LogP contribution is 2.57. The van der Waals surface area contributed by atoms with E-state index in [1.165, 1.54) is 166 Å². The maximum absolute atomic E-state index is 2.54. The normalized spacial score (nSPS) is 13.8. The van der Waals surface area contributed by atoms with Crippen molar-refractivity contribution in [1.82, 2.24) is 9.13 Å². The summed E-state index contributed by atoms with van der Waals surface area (Å²) < 4.78 is 4.83. The van der Waals surface area contributed by atoms with Crippen LogP contribution in [0.1, 0.15) is 49.9 Å². The van der Waals surface area contributed by atoms with Crippen LogP contribution in [-0.2, 0) is 10.8 Å². The molecule has 386 valence electrons. The highest BCUT2D eigenvalue weighted by molar-refractivity contribution is 6.12. The van der Waals surface area contributed by atoms with Gasteiger partial charge in [0.25, 0.3) is 0 Å². The molecule has 2 aliphatic carbocycles. The number of aromatic nitrogens is 2. The van der Waals surface area contributed by atoms with Gasteiger partial charge in [-0.2, -0.15) is 0 Å². The summed E-state index contributed by atoms with van der Waals surface area (Å²) in [6.45, 7) is 9.67. The third kappa shape index (κ3) is 6.88. The van der Waals surface area contributed by atoms with Crippen molar-refractivity contribution in [3.05, 3.63) is 289 Å².